The molecule has 27 heavy (non-hydrogen) atoms. The first-order chi connectivity index (χ1) is 13.1. The molecule has 2 aromatic rings. The molecule has 1 N–H and O–H groups in total. The summed E-state index contributed by atoms with van der Waals surface area (Å²) in [5.74, 6) is -2.53. The van der Waals surface area contributed by atoms with Gasteiger partial charge in [-0.1, -0.05) is 60.7 Å². The number of carboxylic acids is 1. The molecule has 1 amide bonds. The molecular weight excluding hydrogens is 342 g/mol. The third-order valence-electron chi connectivity index (χ3n) is 6.53. The van der Waals surface area contributed by atoms with Gasteiger partial charge in [-0.3, -0.25) is 9.59 Å². The van der Waals surface area contributed by atoms with Crippen molar-refractivity contribution >= 4 is 11.9 Å². The summed E-state index contributed by atoms with van der Waals surface area (Å²) in [4.78, 5) is 27.1. The van der Waals surface area contributed by atoms with Crippen molar-refractivity contribution < 1.29 is 19.4 Å². The predicted octanol–water partition coefficient (Wildman–Crippen LogP) is 2.62. The van der Waals surface area contributed by atoms with Gasteiger partial charge in [0.15, 0.2) is 0 Å². The SMILES string of the molecule is O=C(O)C1C2C=CC3(CN(C4c5ccccc5-c5ccccc54)C(=O)C13)O2. The number of nitrogens with zero attached hydrogens (tertiary/aromatic N) is 1. The van der Waals surface area contributed by atoms with Crippen LogP contribution in [0.25, 0.3) is 11.1 Å². The molecule has 4 aliphatic rings. The van der Waals surface area contributed by atoms with Gasteiger partial charge in [-0.15, -0.1) is 0 Å². The Morgan fingerprint density at radius 1 is 1.07 bits per heavy atom. The molecule has 5 heteroatoms. The molecule has 2 fully saturated rings. The molecule has 4 unspecified atom stereocenters. The lowest BCUT2D eigenvalue weighted by Crippen LogP contribution is -2.39. The Kier molecular flexibility index (Phi) is 2.73. The second-order valence-electron chi connectivity index (χ2n) is 7.78. The van der Waals surface area contributed by atoms with E-state index in [9.17, 15) is 14.7 Å². The van der Waals surface area contributed by atoms with Gasteiger partial charge in [0.2, 0.25) is 5.91 Å². The number of benzene rings is 2. The van der Waals surface area contributed by atoms with Gasteiger partial charge in [0.1, 0.15) is 11.5 Å². The van der Waals surface area contributed by atoms with Crippen molar-refractivity contribution in [2.75, 3.05) is 6.54 Å². The molecule has 0 saturated carbocycles. The Morgan fingerprint density at radius 3 is 2.33 bits per heavy atom. The molecule has 1 aliphatic carbocycles. The van der Waals surface area contributed by atoms with Crippen LogP contribution in [0, 0.1) is 11.8 Å². The van der Waals surface area contributed by atoms with E-state index in [0.29, 0.717) is 6.54 Å². The zero-order valence-corrected chi connectivity index (χ0v) is 14.4. The zero-order chi connectivity index (χ0) is 18.3. The number of fused-ring (bicyclic) bond motifs is 4. The van der Waals surface area contributed by atoms with Crippen LogP contribution < -0.4 is 0 Å². The number of hydrogen-bond donors (Lipinski definition) is 1. The van der Waals surface area contributed by atoms with Gasteiger partial charge in [0.25, 0.3) is 0 Å². The highest BCUT2D eigenvalue weighted by molar-refractivity contribution is 5.92. The first-order valence-electron chi connectivity index (χ1n) is 9.19. The number of hydrogen-bond acceptors (Lipinski definition) is 3. The number of aliphatic carboxylic acids is 1. The lowest BCUT2D eigenvalue weighted by atomic mass is 9.77. The van der Waals surface area contributed by atoms with Gasteiger partial charge in [0.05, 0.1) is 24.6 Å². The molecule has 2 saturated heterocycles. The minimum atomic E-state index is -0.960. The van der Waals surface area contributed by atoms with Crippen LogP contribution in [-0.2, 0) is 14.3 Å². The van der Waals surface area contributed by atoms with E-state index in [1.165, 1.54) is 0 Å². The number of likely N-dealkylation sites (tertiary alicyclic amines) is 1. The molecule has 3 heterocycles. The van der Waals surface area contributed by atoms with Gasteiger partial charge >= 0.3 is 5.97 Å². The molecule has 6 rings (SSSR count). The summed E-state index contributed by atoms with van der Waals surface area (Å²) >= 11 is 0. The minimum absolute atomic E-state index is 0.120. The molecular formula is C22H17NO4. The highest BCUT2D eigenvalue weighted by Gasteiger charge is 2.68. The average molecular weight is 359 g/mol. The smallest absolute Gasteiger partial charge is 0.310 e. The molecule has 2 bridgehead atoms. The summed E-state index contributed by atoms with van der Waals surface area (Å²) in [6.07, 6.45) is 3.22. The number of carbonyl (C=O) groups excluding carboxylic acids is 1. The third kappa shape index (κ3) is 1.73. The van der Waals surface area contributed by atoms with Gasteiger partial charge in [-0.05, 0) is 22.3 Å². The monoisotopic (exact) mass is 359 g/mol. The van der Waals surface area contributed by atoms with E-state index >= 15 is 0 Å². The number of rotatable bonds is 2. The van der Waals surface area contributed by atoms with E-state index < -0.39 is 29.5 Å². The Balaban J connectivity index is 1.49. The van der Waals surface area contributed by atoms with Crippen LogP contribution in [0.4, 0.5) is 0 Å². The van der Waals surface area contributed by atoms with Crippen molar-refractivity contribution in [2.45, 2.75) is 17.7 Å². The maximum absolute atomic E-state index is 13.4. The summed E-state index contributed by atoms with van der Waals surface area (Å²) < 4.78 is 6.04. The zero-order valence-electron chi connectivity index (χ0n) is 14.4. The highest BCUT2D eigenvalue weighted by Crippen LogP contribution is 2.56. The lowest BCUT2D eigenvalue weighted by Gasteiger charge is -2.28. The Hall–Kier alpha value is -2.92. The predicted molar refractivity (Wildman–Crippen MR) is 96.8 cm³/mol. The standard InChI is InChI=1S/C22H17NO4/c24-20-18-17(21(25)26)16-9-10-22(18,27-16)11-23(20)19-14-7-3-1-5-12(14)13-6-2-4-8-15(13)19/h1-10,16-19H,11H2,(H,25,26). The van der Waals surface area contributed by atoms with Crippen molar-refractivity contribution in [3.63, 3.8) is 0 Å². The normalized spacial score (nSPS) is 32.7. The molecule has 2 aromatic carbocycles. The first kappa shape index (κ1) is 15.2. The van der Waals surface area contributed by atoms with E-state index in [1.54, 1.807) is 0 Å². The first-order valence-corrected chi connectivity index (χ1v) is 9.19. The largest absolute Gasteiger partial charge is 0.481 e. The number of ether oxygens (including phenoxy) is 1. The average Bonchev–Trinajstić information content (AvgIpc) is 3.38. The van der Waals surface area contributed by atoms with Gasteiger partial charge in [0, 0.05) is 0 Å². The Bertz CT molecular complexity index is 999. The lowest BCUT2D eigenvalue weighted by molar-refractivity contribution is -0.148. The molecule has 134 valence electrons. The maximum atomic E-state index is 13.4. The summed E-state index contributed by atoms with van der Waals surface area (Å²) in [6, 6.07) is 16.1. The summed E-state index contributed by atoms with van der Waals surface area (Å²) in [7, 11) is 0. The fourth-order valence-corrected chi connectivity index (χ4v) is 5.49. The van der Waals surface area contributed by atoms with Crippen molar-refractivity contribution in [2.24, 2.45) is 11.8 Å². The maximum Gasteiger partial charge on any atom is 0.310 e. The van der Waals surface area contributed by atoms with Crippen LogP contribution in [0.3, 0.4) is 0 Å². The van der Waals surface area contributed by atoms with E-state index in [-0.39, 0.29) is 11.9 Å². The molecule has 5 nitrogen and oxygen atoms in total. The topological polar surface area (TPSA) is 66.8 Å². The van der Waals surface area contributed by atoms with Crippen LogP contribution in [0.5, 0.6) is 0 Å². The van der Waals surface area contributed by atoms with Gasteiger partial charge in [-0.2, -0.15) is 0 Å². The Morgan fingerprint density at radius 2 is 1.70 bits per heavy atom. The summed E-state index contributed by atoms with van der Waals surface area (Å²) in [6.45, 7) is 0.389. The number of amides is 1. The van der Waals surface area contributed by atoms with Crippen LogP contribution in [0.1, 0.15) is 17.2 Å². The fourth-order valence-electron chi connectivity index (χ4n) is 5.49. The van der Waals surface area contributed by atoms with Crippen LogP contribution in [-0.4, -0.2) is 40.1 Å². The summed E-state index contributed by atoms with van der Waals surface area (Å²) in [5, 5.41) is 9.68. The minimum Gasteiger partial charge on any atom is -0.481 e. The molecule has 4 atom stereocenters. The number of carboxylic acid groups (broad SMARTS) is 1. The van der Waals surface area contributed by atoms with E-state index in [2.05, 4.69) is 24.3 Å². The van der Waals surface area contributed by atoms with E-state index in [4.69, 9.17) is 4.74 Å². The van der Waals surface area contributed by atoms with Crippen molar-refractivity contribution in [3.8, 4) is 11.1 Å². The second kappa shape index (κ2) is 4.87. The highest BCUT2D eigenvalue weighted by atomic mass is 16.5. The van der Waals surface area contributed by atoms with Gasteiger partial charge < -0.3 is 14.7 Å². The third-order valence-corrected chi connectivity index (χ3v) is 6.53. The quantitative estimate of drug-likeness (QED) is 0.837. The van der Waals surface area contributed by atoms with Crippen LogP contribution >= 0.6 is 0 Å². The second-order valence-corrected chi connectivity index (χ2v) is 7.78. The van der Waals surface area contributed by atoms with Gasteiger partial charge in [-0.25, -0.2) is 0 Å². The molecule has 3 aliphatic heterocycles. The van der Waals surface area contributed by atoms with Crippen molar-refractivity contribution in [1.82, 2.24) is 4.90 Å². The van der Waals surface area contributed by atoms with Crippen molar-refractivity contribution in [3.05, 3.63) is 71.8 Å². The fraction of sp³-hybridized carbons (Fsp3) is 0.273. The summed E-state index contributed by atoms with van der Waals surface area (Å²) in [5.41, 5.74) is 3.65. The molecule has 0 aromatic heterocycles. The number of carbonyl (C=O) groups is 2. The molecule has 0 radical (unpaired) electrons. The van der Waals surface area contributed by atoms with Crippen LogP contribution in [0.2, 0.25) is 0 Å². The van der Waals surface area contributed by atoms with Crippen molar-refractivity contribution in [1.29, 1.82) is 0 Å². The van der Waals surface area contributed by atoms with Crippen LogP contribution in [0.15, 0.2) is 60.7 Å². The van der Waals surface area contributed by atoms with E-state index in [0.717, 1.165) is 22.3 Å². The molecule has 1 spiro atoms. The van der Waals surface area contributed by atoms with E-state index in [1.807, 2.05) is 41.3 Å². The Labute approximate surface area is 155 Å².